The smallest absolute Gasteiger partial charge is 0.269 e. The predicted molar refractivity (Wildman–Crippen MR) is 64.9 cm³/mol. The molecule has 1 aromatic rings. The van der Waals surface area contributed by atoms with Crippen LogP contribution in [0.5, 0.6) is 0 Å². The first-order chi connectivity index (χ1) is 8.08. The van der Waals surface area contributed by atoms with Crippen LogP contribution in [-0.4, -0.2) is 28.2 Å². The molecule has 0 saturated heterocycles. The van der Waals surface area contributed by atoms with E-state index in [2.05, 4.69) is 0 Å². The van der Waals surface area contributed by atoms with E-state index >= 15 is 0 Å². The number of rotatable bonds is 5. The van der Waals surface area contributed by atoms with Crippen molar-refractivity contribution in [3.05, 3.63) is 39.9 Å². The summed E-state index contributed by atoms with van der Waals surface area (Å²) < 4.78 is 0. The topological polar surface area (TPSA) is 63.4 Å². The number of benzene rings is 1. The van der Waals surface area contributed by atoms with Crippen LogP contribution in [0.15, 0.2) is 24.3 Å². The summed E-state index contributed by atoms with van der Waals surface area (Å²) in [5.74, 6) is -0.261. The first-order valence-electron chi connectivity index (χ1n) is 5.15. The van der Waals surface area contributed by atoms with Crippen molar-refractivity contribution >= 4 is 23.2 Å². The van der Waals surface area contributed by atoms with Crippen molar-refractivity contribution in [3.8, 4) is 0 Å². The summed E-state index contributed by atoms with van der Waals surface area (Å²) >= 11 is 5.47. The minimum Gasteiger partial charge on any atom is -0.338 e. The molecular formula is C11H13ClN2O3. The lowest BCUT2D eigenvalue weighted by atomic mass is 10.2. The minimum atomic E-state index is -0.455. The summed E-state index contributed by atoms with van der Waals surface area (Å²) in [5, 5.41) is 10.6. The van der Waals surface area contributed by atoms with Crippen molar-refractivity contribution in [1.82, 2.24) is 4.90 Å². The van der Waals surface area contributed by atoms with E-state index in [1.807, 2.05) is 6.92 Å². The summed E-state index contributed by atoms with van der Waals surface area (Å²) in [6, 6.07) is 6.23. The standard InChI is InChI=1S/C11H13ClN2O3/c1-2-13(11(15)7-12)8-9-4-3-5-10(6-9)14(16)17/h3-6H,2,7-8H2,1H3. The lowest BCUT2D eigenvalue weighted by Gasteiger charge is -2.19. The van der Waals surface area contributed by atoms with Gasteiger partial charge < -0.3 is 4.90 Å². The van der Waals surface area contributed by atoms with Gasteiger partial charge in [-0.1, -0.05) is 12.1 Å². The monoisotopic (exact) mass is 256 g/mol. The van der Waals surface area contributed by atoms with Crippen LogP contribution in [0, 0.1) is 10.1 Å². The van der Waals surface area contributed by atoms with Gasteiger partial charge in [-0.15, -0.1) is 11.6 Å². The van der Waals surface area contributed by atoms with Gasteiger partial charge in [-0.2, -0.15) is 0 Å². The fourth-order valence-corrected chi connectivity index (χ4v) is 1.62. The Morgan fingerprint density at radius 2 is 2.24 bits per heavy atom. The molecule has 5 nitrogen and oxygen atoms in total. The number of alkyl halides is 1. The van der Waals surface area contributed by atoms with E-state index in [1.54, 1.807) is 17.0 Å². The molecule has 0 spiro atoms. The molecule has 0 aliphatic rings. The van der Waals surface area contributed by atoms with Gasteiger partial charge in [0.2, 0.25) is 5.91 Å². The van der Waals surface area contributed by atoms with Gasteiger partial charge in [-0.25, -0.2) is 0 Å². The van der Waals surface area contributed by atoms with E-state index < -0.39 is 4.92 Å². The van der Waals surface area contributed by atoms with Crippen molar-refractivity contribution in [2.24, 2.45) is 0 Å². The Balaban J connectivity index is 2.83. The van der Waals surface area contributed by atoms with Gasteiger partial charge in [0, 0.05) is 25.2 Å². The van der Waals surface area contributed by atoms with E-state index in [4.69, 9.17) is 11.6 Å². The van der Waals surface area contributed by atoms with Crippen LogP contribution in [0.25, 0.3) is 0 Å². The lowest BCUT2D eigenvalue weighted by Crippen LogP contribution is -2.31. The number of halogens is 1. The molecule has 0 bridgehead atoms. The summed E-state index contributed by atoms with van der Waals surface area (Å²) in [4.78, 5) is 23.1. The fourth-order valence-electron chi connectivity index (χ4n) is 1.45. The van der Waals surface area contributed by atoms with E-state index in [0.717, 1.165) is 5.56 Å². The molecule has 0 fully saturated rings. The van der Waals surface area contributed by atoms with Gasteiger partial charge >= 0.3 is 0 Å². The van der Waals surface area contributed by atoms with E-state index in [1.165, 1.54) is 12.1 Å². The van der Waals surface area contributed by atoms with Crippen LogP contribution in [0.3, 0.4) is 0 Å². The van der Waals surface area contributed by atoms with Gasteiger partial charge in [0.05, 0.1) is 4.92 Å². The Hall–Kier alpha value is -1.62. The Bertz CT molecular complexity index is 423. The molecule has 0 heterocycles. The maximum atomic E-state index is 11.4. The van der Waals surface area contributed by atoms with Gasteiger partial charge in [-0.3, -0.25) is 14.9 Å². The number of carbonyl (C=O) groups is 1. The van der Waals surface area contributed by atoms with Crippen LogP contribution in [-0.2, 0) is 11.3 Å². The first-order valence-corrected chi connectivity index (χ1v) is 5.69. The molecule has 17 heavy (non-hydrogen) atoms. The zero-order valence-electron chi connectivity index (χ0n) is 9.43. The second kappa shape index (κ2) is 6.20. The highest BCUT2D eigenvalue weighted by atomic mass is 35.5. The average Bonchev–Trinajstić information content (AvgIpc) is 2.35. The van der Waals surface area contributed by atoms with Crippen LogP contribution in [0.4, 0.5) is 5.69 Å². The largest absolute Gasteiger partial charge is 0.338 e. The SMILES string of the molecule is CCN(Cc1cccc([N+](=O)[O-])c1)C(=O)CCl. The molecular weight excluding hydrogens is 244 g/mol. The van der Waals surface area contributed by atoms with Gasteiger partial charge in [0.15, 0.2) is 0 Å². The predicted octanol–water partition coefficient (Wildman–Crippen LogP) is 2.18. The molecule has 0 atom stereocenters. The molecule has 0 aliphatic carbocycles. The third-order valence-corrected chi connectivity index (χ3v) is 2.57. The van der Waals surface area contributed by atoms with Crippen LogP contribution in [0.2, 0.25) is 0 Å². The fraction of sp³-hybridized carbons (Fsp3) is 0.364. The van der Waals surface area contributed by atoms with Gasteiger partial charge in [0.25, 0.3) is 5.69 Å². The van der Waals surface area contributed by atoms with Crippen molar-refractivity contribution in [3.63, 3.8) is 0 Å². The number of hydrogen-bond acceptors (Lipinski definition) is 3. The number of nitrogens with zero attached hydrogens (tertiary/aromatic N) is 2. The number of hydrogen-bond donors (Lipinski definition) is 0. The molecule has 0 saturated carbocycles. The van der Waals surface area contributed by atoms with Crippen molar-refractivity contribution in [2.45, 2.75) is 13.5 Å². The zero-order valence-corrected chi connectivity index (χ0v) is 10.2. The third kappa shape index (κ3) is 3.71. The highest BCUT2D eigenvalue weighted by Gasteiger charge is 2.12. The number of amides is 1. The molecule has 1 rings (SSSR count). The molecule has 1 amide bonds. The number of nitro benzene ring substituents is 1. The second-order valence-electron chi connectivity index (χ2n) is 3.47. The number of non-ortho nitro benzene ring substituents is 1. The van der Waals surface area contributed by atoms with Crippen LogP contribution < -0.4 is 0 Å². The normalized spacial score (nSPS) is 10.0. The molecule has 0 aromatic heterocycles. The second-order valence-corrected chi connectivity index (χ2v) is 3.74. The van der Waals surface area contributed by atoms with Crippen molar-refractivity contribution in [1.29, 1.82) is 0 Å². The van der Waals surface area contributed by atoms with E-state index in [0.29, 0.717) is 13.1 Å². The molecule has 0 radical (unpaired) electrons. The van der Waals surface area contributed by atoms with E-state index in [-0.39, 0.29) is 17.5 Å². The Morgan fingerprint density at radius 3 is 2.76 bits per heavy atom. The highest BCUT2D eigenvalue weighted by Crippen LogP contribution is 2.14. The summed E-state index contributed by atoms with van der Waals surface area (Å²) in [6.07, 6.45) is 0. The maximum absolute atomic E-state index is 11.4. The molecule has 0 aliphatic heterocycles. The summed E-state index contributed by atoms with van der Waals surface area (Å²) in [5.41, 5.74) is 0.747. The quantitative estimate of drug-likeness (QED) is 0.461. The first kappa shape index (κ1) is 13.4. The average molecular weight is 257 g/mol. The Morgan fingerprint density at radius 1 is 1.53 bits per heavy atom. The third-order valence-electron chi connectivity index (χ3n) is 2.34. The van der Waals surface area contributed by atoms with Gasteiger partial charge in [0.1, 0.15) is 5.88 Å². The highest BCUT2D eigenvalue weighted by molar-refractivity contribution is 6.27. The molecule has 1 aromatic carbocycles. The van der Waals surface area contributed by atoms with E-state index in [9.17, 15) is 14.9 Å². The number of nitro groups is 1. The van der Waals surface area contributed by atoms with Crippen molar-refractivity contribution in [2.75, 3.05) is 12.4 Å². The molecule has 0 unspecified atom stereocenters. The zero-order chi connectivity index (χ0) is 12.8. The Labute approximate surface area is 104 Å². The molecule has 6 heteroatoms. The van der Waals surface area contributed by atoms with Gasteiger partial charge in [-0.05, 0) is 12.5 Å². The van der Waals surface area contributed by atoms with Crippen LogP contribution >= 0.6 is 11.6 Å². The number of carbonyl (C=O) groups excluding carboxylic acids is 1. The molecule has 0 N–H and O–H groups in total. The summed E-state index contributed by atoms with van der Waals surface area (Å²) in [7, 11) is 0. The lowest BCUT2D eigenvalue weighted by molar-refractivity contribution is -0.384. The Kier molecular flexibility index (Phi) is 4.90. The minimum absolute atomic E-state index is 0.0249. The van der Waals surface area contributed by atoms with Crippen molar-refractivity contribution < 1.29 is 9.72 Å². The maximum Gasteiger partial charge on any atom is 0.269 e. The summed E-state index contributed by atoms with van der Waals surface area (Å²) in [6.45, 7) is 2.69. The van der Waals surface area contributed by atoms with Crippen LogP contribution in [0.1, 0.15) is 12.5 Å². The molecule has 92 valence electrons.